The van der Waals surface area contributed by atoms with E-state index >= 15 is 0 Å². The van der Waals surface area contributed by atoms with E-state index in [0.29, 0.717) is 40.0 Å². The Morgan fingerprint density at radius 1 is 1.03 bits per heavy atom. The number of benzene rings is 3. The molecule has 1 N–H and O–H groups in total. The lowest BCUT2D eigenvalue weighted by atomic mass is 10.2. The minimum absolute atomic E-state index is 0.124. The maximum atomic E-state index is 12.5. The number of rotatable bonds is 7. The standard InChI is InChI=1S/C24H18Cl2N2O6/c1-2-31-21-9-14(3-7-20(21)34-24(30)17-6-5-16(25)11-18(17)26)12-27-28-23(29)15-4-8-19-22(10-15)33-13-32-19/h3-12H,2,13H2,1H3,(H,28,29)/b27-12-. The molecule has 0 aromatic heterocycles. The fourth-order valence-corrected chi connectivity index (χ4v) is 3.52. The molecule has 0 atom stereocenters. The first-order valence-electron chi connectivity index (χ1n) is 10.1. The lowest BCUT2D eigenvalue weighted by Crippen LogP contribution is -2.17. The number of hydrogen-bond acceptors (Lipinski definition) is 7. The summed E-state index contributed by atoms with van der Waals surface area (Å²) in [4.78, 5) is 24.9. The van der Waals surface area contributed by atoms with Crippen molar-refractivity contribution in [3.63, 3.8) is 0 Å². The molecule has 1 amide bonds. The number of hydrogen-bond donors (Lipinski definition) is 1. The molecule has 3 aromatic carbocycles. The summed E-state index contributed by atoms with van der Waals surface area (Å²) in [5.41, 5.74) is 3.61. The van der Waals surface area contributed by atoms with Crippen LogP contribution in [0.1, 0.15) is 33.2 Å². The van der Waals surface area contributed by atoms with Crippen LogP contribution in [0.4, 0.5) is 0 Å². The first kappa shape index (κ1) is 23.4. The van der Waals surface area contributed by atoms with Gasteiger partial charge in [0.25, 0.3) is 5.91 Å². The predicted octanol–water partition coefficient (Wildman–Crippen LogP) is 5.10. The number of hydrazone groups is 1. The van der Waals surface area contributed by atoms with Gasteiger partial charge in [0.2, 0.25) is 6.79 Å². The third-order valence-corrected chi connectivity index (χ3v) is 5.18. The molecule has 10 heteroatoms. The Hall–Kier alpha value is -3.75. The van der Waals surface area contributed by atoms with Gasteiger partial charge in [0.05, 0.1) is 23.4 Å². The van der Waals surface area contributed by atoms with Gasteiger partial charge in [-0.25, -0.2) is 10.2 Å². The van der Waals surface area contributed by atoms with Gasteiger partial charge in [0.15, 0.2) is 23.0 Å². The van der Waals surface area contributed by atoms with Crippen molar-refractivity contribution in [2.24, 2.45) is 5.10 Å². The minimum Gasteiger partial charge on any atom is -0.490 e. The van der Waals surface area contributed by atoms with Crippen LogP contribution in [0.25, 0.3) is 0 Å². The Morgan fingerprint density at radius 3 is 2.65 bits per heavy atom. The summed E-state index contributed by atoms with van der Waals surface area (Å²) in [6, 6.07) is 14.2. The number of esters is 1. The average Bonchev–Trinajstić information content (AvgIpc) is 3.28. The van der Waals surface area contributed by atoms with Gasteiger partial charge in [0.1, 0.15) is 0 Å². The van der Waals surface area contributed by atoms with E-state index in [4.69, 9.17) is 42.1 Å². The molecule has 1 aliphatic heterocycles. The van der Waals surface area contributed by atoms with Crippen LogP contribution in [0.2, 0.25) is 10.0 Å². The quantitative estimate of drug-likeness (QED) is 0.209. The highest BCUT2D eigenvalue weighted by molar-refractivity contribution is 6.36. The van der Waals surface area contributed by atoms with Gasteiger partial charge in [-0.05, 0) is 67.1 Å². The van der Waals surface area contributed by atoms with E-state index in [1.807, 2.05) is 0 Å². The smallest absolute Gasteiger partial charge is 0.345 e. The number of fused-ring (bicyclic) bond motifs is 1. The molecule has 34 heavy (non-hydrogen) atoms. The van der Waals surface area contributed by atoms with E-state index in [1.165, 1.54) is 18.3 Å². The molecule has 0 radical (unpaired) electrons. The van der Waals surface area contributed by atoms with E-state index in [2.05, 4.69) is 10.5 Å². The van der Waals surface area contributed by atoms with Gasteiger partial charge in [-0.3, -0.25) is 4.79 Å². The van der Waals surface area contributed by atoms with Crippen LogP contribution < -0.4 is 24.4 Å². The maximum absolute atomic E-state index is 12.5. The summed E-state index contributed by atoms with van der Waals surface area (Å²) >= 11 is 12.0. The maximum Gasteiger partial charge on any atom is 0.345 e. The fraction of sp³-hybridized carbons (Fsp3) is 0.125. The number of carbonyl (C=O) groups is 2. The molecule has 3 aromatic rings. The van der Waals surface area contributed by atoms with Crippen molar-refractivity contribution in [2.75, 3.05) is 13.4 Å². The van der Waals surface area contributed by atoms with Crippen molar-refractivity contribution in [1.82, 2.24) is 5.43 Å². The Morgan fingerprint density at radius 2 is 1.85 bits per heavy atom. The van der Waals surface area contributed by atoms with Gasteiger partial charge >= 0.3 is 5.97 Å². The number of carbonyl (C=O) groups excluding carboxylic acids is 2. The zero-order chi connectivity index (χ0) is 24.1. The number of halogens is 2. The number of nitrogens with zero attached hydrogens (tertiary/aromatic N) is 1. The van der Waals surface area contributed by atoms with Crippen LogP contribution in [0, 0.1) is 0 Å². The highest BCUT2D eigenvalue weighted by Crippen LogP contribution is 2.33. The molecule has 1 heterocycles. The zero-order valence-corrected chi connectivity index (χ0v) is 19.4. The Kier molecular flexibility index (Phi) is 7.20. The number of ether oxygens (including phenoxy) is 4. The zero-order valence-electron chi connectivity index (χ0n) is 17.8. The molecule has 1 aliphatic rings. The van der Waals surface area contributed by atoms with Crippen LogP contribution in [0.15, 0.2) is 59.7 Å². The van der Waals surface area contributed by atoms with Gasteiger partial charge in [-0.15, -0.1) is 0 Å². The van der Waals surface area contributed by atoms with Crippen molar-refractivity contribution in [3.8, 4) is 23.0 Å². The molecule has 0 fully saturated rings. The lowest BCUT2D eigenvalue weighted by Gasteiger charge is -2.12. The average molecular weight is 501 g/mol. The molecule has 0 aliphatic carbocycles. The van der Waals surface area contributed by atoms with Gasteiger partial charge in [-0.1, -0.05) is 23.2 Å². The Bertz CT molecular complexity index is 1280. The van der Waals surface area contributed by atoms with Crippen molar-refractivity contribution in [3.05, 3.63) is 81.3 Å². The predicted molar refractivity (Wildman–Crippen MR) is 127 cm³/mol. The van der Waals surface area contributed by atoms with E-state index in [0.717, 1.165) is 0 Å². The third-order valence-electron chi connectivity index (χ3n) is 4.64. The summed E-state index contributed by atoms with van der Waals surface area (Å²) in [6.45, 7) is 2.26. The molecule has 0 saturated heterocycles. The molecular weight excluding hydrogens is 483 g/mol. The number of amides is 1. The topological polar surface area (TPSA) is 95.5 Å². The second-order valence-corrected chi connectivity index (χ2v) is 7.76. The molecule has 0 unspecified atom stereocenters. The molecule has 0 saturated carbocycles. The van der Waals surface area contributed by atoms with E-state index in [-0.39, 0.29) is 23.1 Å². The van der Waals surface area contributed by atoms with Gasteiger partial charge in [-0.2, -0.15) is 5.10 Å². The normalized spacial score (nSPS) is 12.0. The monoisotopic (exact) mass is 500 g/mol. The first-order valence-corrected chi connectivity index (χ1v) is 10.9. The van der Waals surface area contributed by atoms with Gasteiger partial charge < -0.3 is 18.9 Å². The fourth-order valence-electron chi connectivity index (χ4n) is 3.04. The molecule has 8 nitrogen and oxygen atoms in total. The Balaban J connectivity index is 1.44. The first-order chi connectivity index (χ1) is 16.4. The minimum atomic E-state index is -0.653. The van der Waals surface area contributed by atoms with Gasteiger partial charge in [0, 0.05) is 10.6 Å². The van der Waals surface area contributed by atoms with Crippen LogP contribution in [-0.4, -0.2) is 31.5 Å². The van der Waals surface area contributed by atoms with Crippen LogP contribution in [0.3, 0.4) is 0 Å². The molecule has 0 bridgehead atoms. The van der Waals surface area contributed by atoms with E-state index in [1.54, 1.807) is 49.4 Å². The van der Waals surface area contributed by atoms with Crippen LogP contribution in [-0.2, 0) is 0 Å². The van der Waals surface area contributed by atoms with E-state index < -0.39 is 11.9 Å². The summed E-state index contributed by atoms with van der Waals surface area (Å²) in [5.74, 6) is 0.557. The summed E-state index contributed by atoms with van der Waals surface area (Å²) in [6.07, 6.45) is 1.44. The second kappa shape index (κ2) is 10.5. The highest BCUT2D eigenvalue weighted by atomic mass is 35.5. The van der Waals surface area contributed by atoms with E-state index in [9.17, 15) is 9.59 Å². The second-order valence-electron chi connectivity index (χ2n) is 6.92. The molecule has 0 spiro atoms. The SMILES string of the molecule is CCOc1cc(/C=N\NC(=O)c2ccc3c(c2)OCO3)ccc1OC(=O)c1ccc(Cl)cc1Cl. The Labute approximate surface area is 205 Å². The van der Waals surface area contributed by atoms with Crippen LogP contribution >= 0.6 is 23.2 Å². The molecule has 4 rings (SSSR count). The van der Waals surface area contributed by atoms with Crippen molar-refractivity contribution in [1.29, 1.82) is 0 Å². The van der Waals surface area contributed by atoms with Crippen molar-refractivity contribution in [2.45, 2.75) is 6.92 Å². The van der Waals surface area contributed by atoms with Crippen molar-refractivity contribution < 1.29 is 28.5 Å². The number of nitrogens with one attached hydrogen (secondary N) is 1. The molecular formula is C24H18Cl2N2O6. The summed E-state index contributed by atoms with van der Waals surface area (Å²) in [5, 5.41) is 4.57. The van der Waals surface area contributed by atoms with Crippen molar-refractivity contribution >= 4 is 41.3 Å². The third kappa shape index (κ3) is 5.41. The summed E-state index contributed by atoms with van der Waals surface area (Å²) < 4.78 is 21.6. The lowest BCUT2D eigenvalue weighted by molar-refractivity contribution is 0.0728. The van der Waals surface area contributed by atoms with Crippen LogP contribution in [0.5, 0.6) is 23.0 Å². The largest absolute Gasteiger partial charge is 0.490 e. The summed E-state index contributed by atoms with van der Waals surface area (Å²) in [7, 11) is 0. The molecule has 174 valence electrons. The highest BCUT2D eigenvalue weighted by Gasteiger charge is 2.17.